The van der Waals surface area contributed by atoms with E-state index in [-0.39, 0.29) is 16.0 Å². The second-order valence-corrected chi connectivity index (χ2v) is 18.4. The van der Waals surface area contributed by atoms with Gasteiger partial charge in [0.15, 0.2) is 8.32 Å². The van der Waals surface area contributed by atoms with Gasteiger partial charge in [0.25, 0.3) is 10.0 Å². The van der Waals surface area contributed by atoms with Crippen molar-refractivity contribution in [2.24, 2.45) is 5.10 Å². The number of nitrogens with one attached hydrogen (secondary N) is 1. The van der Waals surface area contributed by atoms with Crippen LogP contribution >= 0.6 is 0 Å². The van der Waals surface area contributed by atoms with Crippen molar-refractivity contribution in [2.45, 2.75) is 83.4 Å². The molecular formula is C33H44N2O4SSi. The van der Waals surface area contributed by atoms with Crippen LogP contribution in [0.3, 0.4) is 0 Å². The Balaban J connectivity index is 2.04. The van der Waals surface area contributed by atoms with Gasteiger partial charge in [-0.2, -0.15) is 18.4 Å². The quantitative estimate of drug-likeness (QED) is 0.132. The van der Waals surface area contributed by atoms with Crippen LogP contribution < -0.4 is 4.83 Å². The maximum atomic E-state index is 13.2. The van der Waals surface area contributed by atoms with E-state index in [4.69, 9.17) is 9.16 Å². The van der Waals surface area contributed by atoms with Crippen LogP contribution in [0, 0.1) is 6.92 Å². The molecule has 0 saturated heterocycles. The van der Waals surface area contributed by atoms with Gasteiger partial charge in [0.1, 0.15) is 6.10 Å². The van der Waals surface area contributed by atoms with Gasteiger partial charge in [-0.1, -0.05) is 99.1 Å². The van der Waals surface area contributed by atoms with E-state index in [9.17, 15) is 8.42 Å². The minimum Gasteiger partial charge on any atom is -0.411 e. The van der Waals surface area contributed by atoms with Crippen LogP contribution in [0.4, 0.5) is 0 Å². The van der Waals surface area contributed by atoms with E-state index in [0.29, 0.717) is 12.3 Å². The Morgan fingerprint density at radius 2 is 1.51 bits per heavy atom. The lowest BCUT2D eigenvalue weighted by atomic mass is 10.0. The third kappa shape index (κ3) is 9.23. The van der Waals surface area contributed by atoms with E-state index in [0.717, 1.165) is 22.3 Å². The summed E-state index contributed by atoms with van der Waals surface area (Å²) in [5, 5.41) is 4.53. The SMILES string of the molecule is C/C(=C\C(=N\NS(=O)(=O)c1ccc(C)cc1)C(OCc1ccccc1)c1ccccc1)C(C)O[Si](C)(C)C(C)(C)C. The van der Waals surface area contributed by atoms with E-state index in [1.807, 2.05) is 87.5 Å². The zero-order valence-corrected chi connectivity index (χ0v) is 27.3. The van der Waals surface area contributed by atoms with Crippen LogP contribution in [0.25, 0.3) is 0 Å². The smallest absolute Gasteiger partial charge is 0.276 e. The van der Waals surface area contributed by atoms with Crippen LogP contribution in [-0.4, -0.2) is 28.6 Å². The fourth-order valence-electron chi connectivity index (χ4n) is 3.85. The highest BCUT2D eigenvalue weighted by atomic mass is 32.2. The van der Waals surface area contributed by atoms with Crippen LogP contribution in [0.5, 0.6) is 0 Å². The number of ether oxygens (including phenoxy) is 1. The van der Waals surface area contributed by atoms with E-state index in [1.165, 1.54) is 0 Å². The van der Waals surface area contributed by atoms with E-state index >= 15 is 0 Å². The summed E-state index contributed by atoms with van der Waals surface area (Å²) in [6.07, 6.45) is 1.06. The lowest BCUT2D eigenvalue weighted by molar-refractivity contribution is 0.0847. The molecule has 0 aromatic heterocycles. The maximum Gasteiger partial charge on any atom is 0.276 e. The summed E-state index contributed by atoms with van der Waals surface area (Å²) in [6.45, 7) is 17.3. The van der Waals surface area contributed by atoms with E-state index in [1.54, 1.807) is 24.3 Å². The predicted octanol–water partition coefficient (Wildman–Crippen LogP) is 7.94. The van der Waals surface area contributed by atoms with Crippen molar-refractivity contribution in [1.29, 1.82) is 0 Å². The first-order valence-corrected chi connectivity index (χ1v) is 18.3. The van der Waals surface area contributed by atoms with Gasteiger partial charge in [0.05, 0.1) is 23.3 Å². The number of rotatable bonds is 12. The Morgan fingerprint density at radius 1 is 0.951 bits per heavy atom. The molecule has 0 radical (unpaired) electrons. The van der Waals surface area contributed by atoms with Gasteiger partial charge in [0, 0.05) is 0 Å². The second kappa shape index (κ2) is 13.7. The van der Waals surface area contributed by atoms with Gasteiger partial charge >= 0.3 is 0 Å². The molecular weight excluding hydrogens is 549 g/mol. The molecule has 3 rings (SSSR count). The molecule has 2 atom stereocenters. The molecule has 0 saturated carbocycles. The molecule has 0 aliphatic rings. The Kier molecular flexibility index (Phi) is 10.9. The van der Waals surface area contributed by atoms with Crippen LogP contribution in [0.15, 0.2) is 107 Å². The topological polar surface area (TPSA) is 77.0 Å². The first-order valence-electron chi connectivity index (χ1n) is 13.9. The highest BCUT2D eigenvalue weighted by Crippen LogP contribution is 2.38. The monoisotopic (exact) mass is 592 g/mol. The molecule has 3 aromatic carbocycles. The normalized spacial score (nSPS) is 14.9. The third-order valence-corrected chi connectivity index (χ3v) is 13.3. The minimum absolute atomic E-state index is 0.0491. The number of nitrogens with zero attached hydrogens (tertiary/aromatic N) is 1. The maximum absolute atomic E-state index is 13.2. The second-order valence-electron chi connectivity index (χ2n) is 11.9. The summed E-state index contributed by atoms with van der Waals surface area (Å²) in [5.41, 5.74) is 4.20. The molecule has 220 valence electrons. The molecule has 2 unspecified atom stereocenters. The minimum atomic E-state index is -3.91. The van der Waals surface area contributed by atoms with Crippen molar-refractivity contribution in [3.63, 3.8) is 0 Å². The fourth-order valence-corrected chi connectivity index (χ4v) is 6.09. The molecule has 0 spiro atoms. The Bertz CT molecular complexity index is 1430. The van der Waals surface area contributed by atoms with Gasteiger partial charge in [-0.05, 0) is 73.8 Å². The van der Waals surface area contributed by atoms with Crippen molar-refractivity contribution in [3.8, 4) is 0 Å². The largest absolute Gasteiger partial charge is 0.411 e. The molecule has 0 aliphatic carbocycles. The molecule has 0 fully saturated rings. The number of benzene rings is 3. The van der Waals surface area contributed by atoms with E-state index < -0.39 is 24.4 Å². The van der Waals surface area contributed by atoms with Crippen molar-refractivity contribution < 1.29 is 17.6 Å². The summed E-state index contributed by atoms with van der Waals surface area (Å²) in [5.74, 6) is 0. The molecule has 41 heavy (non-hydrogen) atoms. The summed E-state index contributed by atoms with van der Waals surface area (Å²) in [6, 6.07) is 26.3. The number of hydrogen-bond donors (Lipinski definition) is 1. The van der Waals surface area contributed by atoms with Crippen molar-refractivity contribution in [2.75, 3.05) is 0 Å². The lowest BCUT2D eigenvalue weighted by Gasteiger charge is -2.38. The van der Waals surface area contributed by atoms with Crippen molar-refractivity contribution in [3.05, 3.63) is 113 Å². The third-order valence-electron chi connectivity index (χ3n) is 7.55. The number of aryl methyl sites for hydroxylation is 1. The van der Waals surface area contributed by atoms with Crippen molar-refractivity contribution in [1.82, 2.24) is 4.83 Å². The van der Waals surface area contributed by atoms with Crippen LogP contribution in [0.2, 0.25) is 18.1 Å². The summed E-state index contributed by atoms with van der Waals surface area (Å²) in [4.78, 5) is 2.61. The number of hydrazone groups is 1. The molecule has 8 heteroatoms. The molecule has 0 heterocycles. The van der Waals surface area contributed by atoms with Crippen LogP contribution in [-0.2, 0) is 25.8 Å². The number of sulfonamides is 1. The van der Waals surface area contributed by atoms with Gasteiger partial charge in [-0.25, -0.2) is 0 Å². The predicted molar refractivity (Wildman–Crippen MR) is 171 cm³/mol. The molecule has 1 N–H and O–H groups in total. The molecule has 3 aromatic rings. The Morgan fingerprint density at radius 3 is 2.07 bits per heavy atom. The van der Waals surface area contributed by atoms with Gasteiger partial charge in [-0.3, -0.25) is 0 Å². The van der Waals surface area contributed by atoms with Gasteiger partial charge < -0.3 is 9.16 Å². The Labute approximate surface area is 247 Å². The molecule has 0 amide bonds. The molecule has 6 nitrogen and oxygen atoms in total. The highest BCUT2D eigenvalue weighted by molar-refractivity contribution is 7.89. The van der Waals surface area contributed by atoms with Gasteiger partial charge in [-0.15, -0.1) is 0 Å². The molecule has 0 aliphatic heterocycles. The first kappa shape index (κ1) is 32.5. The zero-order chi connectivity index (χ0) is 30.3. The summed E-state index contributed by atoms with van der Waals surface area (Å²) >= 11 is 0. The lowest BCUT2D eigenvalue weighted by Crippen LogP contribution is -2.43. The zero-order valence-electron chi connectivity index (χ0n) is 25.5. The fraction of sp³-hybridized carbons (Fsp3) is 0.364. The average Bonchev–Trinajstić information content (AvgIpc) is 2.92. The standard InChI is InChI=1S/C33H44N2O4SSi/c1-25-19-21-30(22-20-25)40(36,37)35-34-31(23-26(2)27(3)39-41(7,8)33(4,5)6)32(29-17-13-10-14-18-29)38-24-28-15-11-9-12-16-28/h9-23,27,32,35H,24H2,1-8H3/b26-23+,34-31-. The van der Waals surface area contributed by atoms with Crippen molar-refractivity contribution >= 4 is 24.1 Å². The summed E-state index contributed by atoms with van der Waals surface area (Å²) in [7, 11) is -5.96. The van der Waals surface area contributed by atoms with Gasteiger partial charge in [0.2, 0.25) is 0 Å². The van der Waals surface area contributed by atoms with E-state index in [2.05, 4.69) is 43.8 Å². The highest BCUT2D eigenvalue weighted by Gasteiger charge is 2.38. The summed E-state index contributed by atoms with van der Waals surface area (Å²) < 4.78 is 39.5. The molecule has 0 bridgehead atoms. The van der Waals surface area contributed by atoms with Crippen LogP contribution in [0.1, 0.15) is 57.4 Å². The Hall–Kier alpha value is -3.04. The number of hydrogen-bond acceptors (Lipinski definition) is 5. The average molecular weight is 593 g/mol. The first-order chi connectivity index (χ1) is 19.2.